The van der Waals surface area contributed by atoms with Gasteiger partial charge >= 0.3 is 6.01 Å². The zero-order valence-electron chi connectivity index (χ0n) is 12.2. The van der Waals surface area contributed by atoms with E-state index in [9.17, 15) is 8.42 Å². The summed E-state index contributed by atoms with van der Waals surface area (Å²) in [5.41, 5.74) is 6.74. The van der Waals surface area contributed by atoms with E-state index in [4.69, 9.17) is 10.5 Å². The third kappa shape index (κ3) is 3.02. The van der Waals surface area contributed by atoms with Crippen LogP contribution >= 0.6 is 0 Å². The number of hydrogen-bond donors (Lipinski definition) is 1. The van der Waals surface area contributed by atoms with E-state index in [0.29, 0.717) is 9.84 Å². The standard InChI is InChI=1S/C15H14N4O3S/c1-11-7-9-12(10-8-11)22-15-17-14(16)19(18-15)23(20,21)13-5-3-2-4-6-13/h2-10H,1H3,(H2,16,17,18). The number of ether oxygens (including phenoxy) is 1. The van der Waals surface area contributed by atoms with Gasteiger partial charge in [0.2, 0.25) is 5.95 Å². The van der Waals surface area contributed by atoms with Gasteiger partial charge in [-0.1, -0.05) is 41.0 Å². The van der Waals surface area contributed by atoms with Crippen molar-refractivity contribution >= 4 is 16.0 Å². The first-order chi connectivity index (χ1) is 11.0. The van der Waals surface area contributed by atoms with Crippen LogP contribution in [0.1, 0.15) is 5.56 Å². The monoisotopic (exact) mass is 330 g/mol. The number of aryl methyl sites for hydroxylation is 1. The summed E-state index contributed by atoms with van der Waals surface area (Å²) < 4.78 is 31.1. The van der Waals surface area contributed by atoms with Crippen molar-refractivity contribution in [1.82, 2.24) is 14.2 Å². The molecule has 3 aromatic rings. The van der Waals surface area contributed by atoms with Crippen LogP contribution in [-0.2, 0) is 10.0 Å². The van der Waals surface area contributed by atoms with Crippen molar-refractivity contribution in [3.8, 4) is 11.8 Å². The molecule has 0 aliphatic heterocycles. The molecule has 7 nitrogen and oxygen atoms in total. The molecular weight excluding hydrogens is 316 g/mol. The number of hydrogen-bond acceptors (Lipinski definition) is 6. The van der Waals surface area contributed by atoms with Gasteiger partial charge in [-0.05, 0) is 31.2 Å². The van der Waals surface area contributed by atoms with Gasteiger partial charge in [-0.2, -0.15) is 13.4 Å². The van der Waals surface area contributed by atoms with Crippen LogP contribution in [0.25, 0.3) is 0 Å². The van der Waals surface area contributed by atoms with Crippen LogP contribution in [0.4, 0.5) is 5.95 Å². The third-order valence-corrected chi connectivity index (χ3v) is 4.67. The van der Waals surface area contributed by atoms with Crippen molar-refractivity contribution in [2.24, 2.45) is 0 Å². The van der Waals surface area contributed by atoms with Gasteiger partial charge in [0.1, 0.15) is 5.75 Å². The second-order valence-corrected chi connectivity index (χ2v) is 6.60. The maximum atomic E-state index is 12.5. The van der Waals surface area contributed by atoms with Crippen molar-refractivity contribution < 1.29 is 13.2 Å². The first-order valence-corrected chi connectivity index (χ1v) is 8.18. The second kappa shape index (κ2) is 5.73. The third-order valence-electron chi connectivity index (χ3n) is 3.08. The van der Waals surface area contributed by atoms with Crippen LogP contribution in [-0.4, -0.2) is 22.6 Å². The Morgan fingerprint density at radius 1 is 1.04 bits per heavy atom. The fourth-order valence-electron chi connectivity index (χ4n) is 1.92. The summed E-state index contributed by atoms with van der Waals surface area (Å²) in [5, 5.41) is 3.85. The molecule has 0 amide bonds. The lowest BCUT2D eigenvalue weighted by Crippen LogP contribution is -2.17. The van der Waals surface area contributed by atoms with E-state index in [1.54, 1.807) is 30.3 Å². The van der Waals surface area contributed by atoms with Crippen molar-refractivity contribution in [2.45, 2.75) is 11.8 Å². The molecular formula is C15H14N4O3S. The summed E-state index contributed by atoms with van der Waals surface area (Å²) >= 11 is 0. The Kier molecular flexibility index (Phi) is 3.75. The number of nitrogens with two attached hydrogens (primary N) is 1. The molecule has 118 valence electrons. The highest BCUT2D eigenvalue weighted by Crippen LogP contribution is 2.22. The zero-order chi connectivity index (χ0) is 16.4. The van der Waals surface area contributed by atoms with Crippen molar-refractivity contribution in [3.05, 3.63) is 60.2 Å². The quantitative estimate of drug-likeness (QED) is 0.787. The number of rotatable bonds is 4. The van der Waals surface area contributed by atoms with E-state index in [-0.39, 0.29) is 16.9 Å². The highest BCUT2D eigenvalue weighted by molar-refractivity contribution is 7.90. The maximum Gasteiger partial charge on any atom is 0.343 e. The Hall–Kier alpha value is -2.87. The maximum absolute atomic E-state index is 12.5. The fourth-order valence-corrected chi connectivity index (χ4v) is 3.08. The summed E-state index contributed by atoms with van der Waals surface area (Å²) in [6, 6.07) is 14.9. The molecule has 0 unspecified atom stereocenters. The fraction of sp³-hybridized carbons (Fsp3) is 0.0667. The molecule has 8 heteroatoms. The van der Waals surface area contributed by atoms with Crippen LogP contribution in [0.3, 0.4) is 0 Å². The number of benzene rings is 2. The van der Waals surface area contributed by atoms with Crippen LogP contribution in [0.5, 0.6) is 11.8 Å². The van der Waals surface area contributed by atoms with Crippen molar-refractivity contribution in [1.29, 1.82) is 0 Å². The van der Waals surface area contributed by atoms with Gasteiger partial charge < -0.3 is 10.5 Å². The molecule has 0 saturated heterocycles. The smallest absolute Gasteiger partial charge is 0.343 e. The molecule has 2 N–H and O–H groups in total. The SMILES string of the molecule is Cc1ccc(Oc2nc(N)n(S(=O)(=O)c3ccccc3)n2)cc1. The largest absolute Gasteiger partial charge is 0.423 e. The van der Waals surface area contributed by atoms with E-state index < -0.39 is 10.0 Å². The number of nitrogen functional groups attached to an aromatic ring is 1. The minimum atomic E-state index is -3.91. The molecule has 0 aliphatic carbocycles. The lowest BCUT2D eigenvalue weighted by molar-refractivity contribution is 0.442. The van der Waals surface area contributed by atoms with Gasteiger partial charge in [0.25, 0.3) is 10.0 Å². The molecule has 0 radical (unpaired) electrons. The Morgan fingerprint density at radius 2 is 1.70 bits per heavy atom. The average Bonchev–Trinajstić information content (AvgIpc) is 2.92. The summed E-state index contributed by atoms with van der Waals surface area (Å²) in [7, 11) is -3.91. The van der Waals surface area contributed by atoms with Crippen molar-refractivity contribution in [3.63, 3.8) is 0 Å². The van der Waals surface area contributed by atoms with Crippen LogP contribution in [0, 0.1) is 6.92 Å². The molecule has 3 rings (SSSR count). The molecule has 0 bridgehead atoms. The molecule has 23 heavy (non-hydrogen) atoms. The normalized spacial score (nSPS) is 11.3. The average molecular weight is 330 g/mol. The highest BCUT2D eigenvalue weighted by Gasteiger charge is 2.23. The van der Waals surface area contributed by atoms with E-state index in [2.05, 4.69) is 10.1 Å². The van der Waals surface area contributed by atoms with Crippen LogP contribution in [0.15, 0.2) is 59.5 Å². The van der Waals surface area contributed by atoms with Crippen LogP contribution in [0.2, 0.25) is 0 Å². The molecule has 0 aliphatic rings. The van der Waals surface area contributed by atoms with E-state index >= 15 is 0 Å². The Balaban J connectivity index is 1.94. The molecule has 2 aromatic carbocycles. The molecule has 0 spiro atoms. The molecule has 1 aromatic heterocycles. The highest BCUT2D eigenvalue weighted by atomic mass is 32.2. The van der Waals surface area contributed by atoms with Gasteiger partial charge in [-0.15, -0.1) is 4.09 Å². The molecule has 0 atom stereocenters. The van der Waals surface area contributed by atoms with Gasteiger partial charge in [0, 0.05) is 0 Å². The number of aromatic nitrogens is 3. The Labute approximate surface area is 133 Å². The first-order valence-electron chi connectivity index (χ1n) is 6.74. The zero-order valence-corrected chi connectivity index (χ0v) is 13.1. The van der Waals surface area contributed by atoms with E-state index in [1.165, 1.54) is 12.1 Å². The Bertz CT molecular complexity index is 919. The van der Waals surface area contributed by atoms with Gasteiger partial charge in [0.05, 0.1) is 4.90 Å². The molecule has 1 heterocycles. The van der Waals surface area contributed by atoms with Crippen molar-refractivity contribution in [2.75, 3.05) is 5.73 Å². The Morgan fingerprint density at radius 3 is 2.35 bits per heavy atom. The van der Waals surface area contributed by atoms with Gasteiger partial charge in [0.15, 0.2) is 0 Å². The molecule has 0 fully saturated rings. The van der Waals surface area contributed by atoms with Gasteiger partial charge in [-0.25, -0.2) is 0 Å². The molecule has 0 saturated carbocycles. The first kappa shape index (κ1) is 15.0. The van der Waals surface area contributed by atoms with Crippen LogP contribution < -0.4 is 10.5 Å². The predicted molar refractivity (Wildman–Crippen MR) is 84.7 cm³/mol. The summed E-state index contributed by atoms with van der Waals surface area (Å²) in [6.45, 7) is 1.95. The lowest BCUT2D eigenvalue weighted by atomic mass is 10.2. The number of nitrogens with zero attached hydrogens (tertiary/aromatic N) is 3. The minimum Gasteiger partial charge on any atom is -0.423 e. The minimum absolute atomic E-state index is 0.0680. The van der Waals surface area contributed by atoms with E-state index in [0.717, 1.165) is 5.56 Å². The topological polar surface area (TPSA) is 100 Å². The second-order valence-electron chi connectivity index (χ2n) is 4.83. The van der Waals surface area contributed by atoms with Gasteiger partial charge in [-0.3, -0.25) is 0 Å². The lowest BCUT2D eigenvalue weighted by Gasteiger charge is -2.04. The number of anilines is 1. The summed E-state index contributed by atoms with van der Waals surface area (Å²) in [4.78, 5) is 3.92. The van der Waals surface area contributed by atoms with E-state index in [1.807, 2.05) is 19.1 Å². The summed E-state index contributed by atoms with van der Waals surface area (Å²) in [6.07, 6.45) is 0. The predicted octanol–water partition coefficient (Wildman–Crippen LogP) is 2.20. The summed E-state index contributed by atoms with van der Waals surface area (Å²) in [5.74, 6) is 0.223.